The molecule has 150 heavy (non-hydrogen) atoms. The number of aromatic nitrogens is 6. The Kier molecular flexibility index (Phi) is 25.1. The van der Waals surface area contributed by atoms with E-state index in [9.17, 15) is 0 Å². The van der Waals surface area contributed by atoms with Crippen LogP contribution in [0.1, 0.15) is 0 Å². The Hall–Kier alpha value is -20.1. The molecule has 6 aromatic heterocycles. The zero-order valence-electron chi connectivity index (χ0n) is 82.2. The first-order chi connectivity index (χ1) is 74.4. The van der Waals surface area contributed by atoms with Gasteiger partial charge in [-0.25, -0.2) is 0 Å². The zero-order valence-corrected chi connectivity index (χ0v) is 82.2. The van der Waals surface area contributed by atoms with E-state index in [2.05, 4.69) is 608 Å². The Balaban J connectivity index is 0.000000116. The van der Waals surface area contributed by atoms with Crippen LogP contribution in [-0.4, -0.2) is 28.7 Å². The van der Waals surface area contributed by atoms with Crippen LogP contribution in [0.3, 0.4) is 0 Å². The predicted octanol–water partition coefficient (Wildman–Crippen LogP) is 37.9. The summed E-state index contributed by atoms with van der Waals surface area (Å²) in [6.45, 7) is 0. The van der Waals surface area contributed by atoms with E-state index in [1.807, 2.05) is 37.2 Å². The lowest BCUT2D eigenvalue weighted by Crippen LogP contribution is -2.11. The van der Waals surface area contributed by atoms with Gasteiger partial charge in [-0.1, -0.05) is 358 Å². The van der Waals surface area contributed by atoms with Crippen molar-refractivity contribution in [2.75, 3.05) is 14.7 Å². The van der Waals surface area contributed by atoms with Crippen LogP contribution in [0.4, 0.5) is 51.2 Å². The number of para-hydroxylation sites is 5. The van der Waals surface area contributed by atoms with E-state index in [0.29, 0.717) is 0 Å². The number of hydrogen-bond donors (Lipinski definition) is 0. The third-order valence-electron chi connectivity index (χ3n) is 28.4. The second-order valence-corrected chi connectivity index (χ2v) is 37.4. The largest absolute Gasteiger partial charge is 0.310 e. The summed E-state index contributed by atoms with van der Waals surface area (Å²) in [7, 11) is 0. The molecule has 9 heteroatoms. The van der Waals surface area contributed by atoms with Gasteiger partial charge in [-0.3, -0.25) is 15.0 Å². The molecule has 0 radical (unpaired) electrons. The molecule has 0 bridgehead atoms. The minimum Gasteiger partial charge on any atom is -0.310 e. The van der Waals surface area contributed by atoms with Gasteiger partial charge in [-0.05, 0) is 306 Å². The maximum Gasteiger partial charge on any atom is 0.0562 e. The van der Waals surface area contributed by atoms with E-state index < -0.39 is 0 Å². The fourth-order valence-electron chi connectivity index (χ4n) is 21.4. The minimum atomic E-state index is 1.10. The van der Waals surface area contributed by atoms with Crippen LogP contribution in [0, 0.1) is 0 Å². The molecule has 9 nitrogen and oxygen atoms in total. The highest BCUT2D eigenvalue weighted by Gasteiger charge is 2.28. The number of rotatable bonds is 21. The molecule has 27 aromatic rings. The molecule has 0 unspecified atom stereocenters. The maximum absolute atomic E-state index is 4.24. The molecule has 0 saturated heterocycles. The first kappa shape index (κ1) is 91.1. The summed E-state index contributed by atoms with van der Waals surface area (Å²) < 4.78 is 7.19. The third-order valence-corrected chi connectivity index (χ3v) is 28.4. The molecule has 6 heterocycles. The standard InChI is InChI=1S/3C47H33N3/c1-4-14-34(15-5-1)38-30-39(35-16-6-2-7-17-35)33-42(32-38)49(40-19-8-3-9-20-40)45-24-13-25-46-47(45)43-22-10-11-23-44(43)50(46)41-21-12-18-37(31-41)36-26-28-48-29-27-36;1-3-11-34(12-4-1)35-21-23-36(24-22-35)37-25-27-41(28-26-37)49(40-14-5-2-6-15-40)45-19-10-20-46-47(45)43-17-7-8-18-44(43)50(46)42-16-9-13-39(33-42)38-29-31-48-32-30-38;1-3-11-34(12-4-1)36-21-25-40(26-22-36)49(41-27-23-37(24-28-41)35-13-5-2-6-14-35)45-19-10-20-46-47(45)43-17-7-8-18-44(43)50(46)42-16-9-15-39(33-42)38-29-31-48-32-30-38/h3*1-33H. The molecule has 0 aliphatic heterocycles. The SMILES string of the molecule is c1ccc(-c2cc(-c3ccccc3)cc(N(c3ccccc3)c3cccc4c3c3ccccc3n4-c3cccc(-c4ccncc4)c3)c2)cc1.c1ccc(-c2ccc(-c3ccc(N(c4ccccc4)c4cccc5c4c4ccccc4n5-c4cccc(-c5ccncc5)c4)cc3)cc2)cc1.c1ccc(-c2ccc(N(c3ccc(-c4ccccc4)cc3)c3cccc4c3c3ccccc3n4-c3cccc(-c4ccncc4)c3)cc2)cc1. The van der Waals surface area contributed by atoms with Gasteiger partial charge in [-0.2, -0.15) is 0 Å². The summed E-state index contributed by atoms with van der Waals surface area (Å²) in [5.41, 5.74) is 41.6. The molecule has 0 atom stereocenters. The number of fused-ring (bicyclic) bond motifs is 9. The van der Waals surface area contributed by atoms with Gasteiger partial charge in [0, 0.05) is 121 Å². The Bertz CT molecular complexity index is 9290. The summed E-state index contributed by atoms with van der Waals surface area (Å²) in [6.07, 6.45) is 11.1. The van der Waals surface area contributed by atoms with Gasteiger partial charge in [0.15, 0.2) is 0 Å². The van der Waals surface area contributed by atoms with Crippen molar-refractivity contribution in [1.82, 2.24) is 28.7 Å². The van der Waals surface area contributed by atoms with Gasteiger partial charge < -0.3 is 28.4 Å². The number of pyridine rings is 3. The number of nitrogens with zero attached hydrogens (tertiary/aromatic N) is 9. The van der Waals surface area contributed by atoms with Gasteiger partial charge in [-0.15, -0.1) is 0 Å². The monoisotopic (exact) mass is 1920 g/mol. The van der Waals surface area contributed by atoms with E-state index >= 15 is 0 Å². The normalized spacial score (nSPS) is 11.2. The summed E-state index contributed by atoms with van der Waals surface area (Å²) >= 11 is 0. The van der Waals surface area contributed by atoms with Gasteiger partial charge >= 0.3 is 0 Å². The lowest BCUT2D eigenvalue weighted by atomic mass is 9.97. The summed E-state index contributed by atoms with van der Waals surface area (Å²) in [5.74, 6) is 0. The van der Waals surface area contributed by atoms with Crippen LogP contribution in [0.25, 0.3) is 183 Å². The second kappa shape index (κ2) is 41.3. The highest BCUT2D eigenvalue weighted by molar-refractivity contribution is 6.20. The van der Waals surface area contributed by atoms with E-state index in [1.165, 1.54) is 110 Å². The molecule has 0 aliphatic carbocycles. The molecule has 21 aromatic carbocycles. The Morgan fingerprint density at radius 1 is 0.127 bits per heavy atom. The van der Waals surface area contributed by atoms with Crippen molar-refractivity contribution in [3.8, 4) is 117 Å². The average Bonchev–Trinajstić information content (AvgIpc) is 1.58. The van der Waals surface area contributed by atoms with Crippen molar-refractivity contribution in [1.29, 1.82) is 0 Å². The van der Waals surface area contributed by atoms with Crippen LogP contribution < -0.4 is 14.7 Å². The number of anilines is 9. The predicted molar refractivity (Wildman–Crippen MR) is 629 cm³/mol. The van der Waals surface area contributed by atoms with Crippen molar-refractivity contribution in [2.24, 2.45) is 0 Å². The van der Waals surface area contributed by atoms with Crippen molar-refractivity contribution in [2.45, 2.75) is 0 Å². The fraction of sp³-hybridized carbons (Fsp3) is 0. The zero-order chi connectivity index (χ0) is 99.8. The van der Waals surface area contributed by atoms with Crippen LogP contribution >= 0.6 is 0 Å². The lowest BCUT2D eigenvalue weighted by Gasteiger charge is -2.28. The smallest absolute Gasteiger partial charge is 0.0562 e. The van der Waals surface area contributed by atoms with Crippen molar-refractivity contribution < 1.29 is 0 Å². The average molecular weight is 1920 g/mol. The molecule has 0 spiro atoms. The molecular weight excluding hydrogens is 1820 g/mol. The van der Waals surface area contributed by atoms with E-state index in [-0.39, 0.29) is 0 Å². The number of hydrogen-bond acceptors (Lipinski definition) is 6. The molecule has 0 fully saturated rings. The van der Waals surface area contributed by atoms with Crippen LogP contribution in [0.2, 0.25) is 0 Å². The van der Waals surface area contributed by atoms with Gasteiger partial charge in [0.1, 0.15) is 0 Å². The minimum absolute atomic E-state index is 1.10. The number of benzene rings is 21. The van der Waals surface area contributed by atoms with Crippen LogP contribution in [0.5, 0.6) is 0 Å². The quantitative estimate of drug-likeness (QED) is 0.0714. The summed E-state index contributed by atoms with van der Waals surface area (Å²) in [5, 5.41) is 7.24. The molecule has 708 valence electrons. The maximum atomic E-state index is 4.24. The topological polar surface area (TPSA) is 63.2 Å². The molecule has 0 amide bonds. The first-order valence-electron chi connectivity index (χ1n) is 50.9. The van der Waals surface area contributed by atoms with E-state index in [4.69, 9.17) is 0 Å². The first-order valence-corrected chi connectivity index (χ1v) is 50.9. The van der Waals surface area contributed by atoms with Gasteiger partial charge in [0.2, 0.25) is 0 Å². The van der Waals surface area contributed by atoms with Crippen LogP contribution in [0.15, 0.2) is 601 Å². The van der Waals surface area contributed by atoms with E-state index in [1.54, 1.807) is 0 Å². The highest BCUT2D eigenvalue weighted by Crippen LogP contribution is 2.51. The lowest BCUT2D eigenvalue weighted by molar-refractivity contribution is 1.18. The molecule has 27 rings (SSSR count). The van der Waals surface area contributed by atoms with Gasteiger partial charge in [0.05, 0.1) is 50.2 Å². The Morgan fingerprint density at radius 3 is 0.607 bits per heavy atom. The van der Waals surface area contributed by atoms with Crippen LogP contribution in [-0.2, 0) is 0 Å². The van der Waals surface area contributed by atoms with Crippen molar-refractivity contribution in [3.63, 3.8) is 0 Å². The summed E-state index contributed by atoms with van der Waals surface area (Å²) in [4.78, 5) is 19.9. The molecular formula is C141H99N9. The molecule has 0 aliphatic rings. The van der Waals surface area contributed by atoms with Crippen molar-refractivity contribution >= 4 is 117 Å². The molecule has 0 saturated carbocycles. The van der Waals surface area contributed by atoms with E-state index in [0.717, 1.165) is 124 Å². The Labute approximate surface area is 872 Å². The summed E-state index contributed by atoms with van der Waals surface area (Å²) in [6, 6.07) is 202. The second-order valence-electron chi connectivity index (χ2n) is 37.4. The Morgan fingerprint density at radius 2 is 0.327 bits per heavy atom. The highest BCUT2D eigenvalue weighted by atomic mass is 15.2. The van der Waals surface area contributed by atoms with Crippen molar-refractivity contribution in [3.05, 3.63) is 601 Å². The van der Waals surface area contributed by atoms with Gasteiger partial charge in [0.25, 0.3) is 0 Å². The third kappa shape index (κ3) is 18.1. The molecule has 0 N–H and O–H groups in total. The fourth-order valence-corrected chi connectivity index (χ4v) is 21.4.